The van der Waals surface area contributed by atoms with E-state index in [1.807, 2.05) is 24.3 Å². The molecule has 0 atom stereocenters. The van der Waals surface area contributed by atoms with Crippen LogP contribution in [0.15, 0.2) is 24.3 Å². The average Bonchev–Trinajstić information content (AvgIpc) is 2.34. The van der Waals surface area contributed by atoms with Crippen molar-refractivity contribution in [3.05, 3.63) is 35.4 Å². The van der Waals surface area contributed by atoms with Gasteiger partial charge in [-0.15, -0.1) is 0 Å². The normalized spacial score (nSPS) is 10.6. The van der Waals surface area contributed by atoms with Crippen LogP contribution in [0.4, 0.5) is 0 Å². The van der Waals surface area contributed by atoms with Crippen LogP contribution in [0.5, 0.6) is 0 Å². The quantitative estimate of drug-likeness (QED) is 0.546. The molecule has 0 unspecified atom stereocenters. The number of carbonyl (C=O) groups is 1. The maximum Gasteiger partial charge on any atom is 0.338 e. The van der Waals surface area contributed by atoms with Gasteiger partial charge in [-0.25, -0.2) is 4.79 Å². The molecule has 0 spiro atoms. The Morgan fingerprint density at radius 2 is 1.82 bits per heavy atom. The minimum absolute atomic E-state index is 0.212. The summed E-state index contributed by atoms with van der Waals surface area (Å²) in [5.74, 6) is 0.279. The lowest BCUT2D eigenvalue weighted by Gasteiger charge is -2.07. The maximum absolute atomic E-state index is 11.7. The first-order valence-electron chi connectivity index (χ1n) is 6.42. The van der Waals surface area contributed by atoms with Crippen molar-refractivity contribution in [1.29, 1.82) is 0 Å². The second-order valence-electron chi connectivity index (χ2n) is 4.62. The first kappa shape index (κ1) is 13.8. The molecule has 1 rings (SSSR count). The van der Waals surface area contributed by atoms with Gasteiger partial charge in [0.25, 0.3) is 0 Å². The number of esters is 1. The second kappa shape index (κ2) is 7.10. The zero-order chi connectivity index (χ0) is 12.7. The molecule has 1 aromatic carbocycles. The molecule has 0 saturated heterocycles. The third-order valence-corrected chi connectivity index (χ3v) is 2.79. The number of carbonyl (C=O) groups excluding carboxylic acids is 1. The fourth-order valence-corrected chi connectivity index (χ4v) is 1.60. The zero-order valence-corrected chi connectivity index (χ0v) is 11.0. The molecule has 2 nitrogen and oxygen atoms in total. The lowest BCUT2D eigenvalue weighted by atomic mass is 10.0. The minimum Gasteiger partial charge on any atom is -0.462 e. The average molecular weight is 234 g/mol. The second-order valence-corrected chi connectivity index (χ2v) is 4.62. The van der Waals surface area contributed by atoms with Crippen LogP contribution in [0.2, 0.25) is 0 Å². The van der Waals surface area contributed by atoms with E-state index in [9.17, 15) is 4.79 Å². The van der Waals surface area contributed by atoms with E-state index in [2.05, 4.69) is 20.8 Å². The molecule has 0 heterocycles. The van der Waals surface area contributed by atoms with Gasteiger partial charge in [-0.05, 0) is 30.0 Å². The van der Waals surface area contributed by atoms with Gasteiger partial charge in [0.1, 0.15) is 0 Å². The number of benzene rings is 1. The van der Waals surface area contributed by atoms with Crippen molar-refractivity contribution >= 4 is 5.97 Å². The van der Waals surface area contributed by atoms with Gasteiger partial charge in [0.2, 0.25) is 0 Å². The van der Waals surface area contributed by atoms with Crippen LogP contribution in [0.1, 0.15) is 61.9 Å². The van der Waals surface area contributed by atoms with Crippen LogP contribution in [-0.4, -0.2) is 12.6 Å². The molecule has 0 amide bonds. The predicted molar refractivity (Wildman–Crippen MR) is 70.3 cm³/mol. The van der Waals surface area contributed by atoms with E-state index >= 15 is 0 Å². The third kappa shape index (κ3) is 4.59. The smallest absolute Gasteiger partial charge is 0.338 e. The fourth-order valence-electron chi connectivity index (χ4n) is 1.60. The highest BCUT2D eigenvalue weighted by Gasteiger charge is 2.07. The molecule has 0 aromatic heterocycles. The molecule has 0 N–H and O–H groups in total. The molecule has 0 saturated carbocycles. The number of unbranched alkanes of at least 4 members (excludes halogenated alkanes) is 2. The third-order valence-electron chi connectivity index (χ3n) is 2.79. The lowest BCUT2D eigenvalue weighted by Crippen LogP contribution is -2.06. The summed E-state index contributed by atoms with van der Waals surface area (Å²) >= 11 is 0. The van der Waals surface area contributed by atoms with E-state index in [4.69, 9.17) is 4.74 Å². The molecular weight excluding hydrogens is 212 g/mol. The summed E-state index contributed by atoms with van der Waals surface area (Å²) < 4.78 is 5.19. The van der Waals surface area contributed by atoms with Gasteiger partial charge >= 0.3 is 5.97 Å². The number of rotatable bonds is 6. The molecule has 0 fully saturated rings. The van der Waals surface area contributed by atoms with E-state index < -0.39 is 0 Å². The topological polar surface area (TPSA) is 26.3 Å². The Morgan fingerprint density at radius 1 is 1.18 bits per heavy atom. The Kier molecular flexibility index (Phi) is 5.75. The van der Waals surface area contributed by atoms with Crippen LogP contribution < -0.4 is 0 Å². The summed E-state index contributed by atoms with van der Waals surface area (Å²) in [5, 5.41) is 0. The molecule has 2 heteroatoms. The molecule has 0 aliphatic rings. The fraction of sp³-hybridized carbons (Fsp3) is 0.533. The largest absolute Gasteiger partial charge is 0.462 e. The van der Waals surface area contributed by atoms with Crippen molar-refractivity contribution in [3.8, 4) is 0 Å². The van der Waals surface area contributed by atoms with Crippen molar-refractivity contribution in [2.45, 2.75) is 46.0 Å². The number of hydrogen-bond acceptors (Lipinski definition) is 2. The number of hydrogen-bond donors (Lipinski definition) is 0. The van der Waals surface area contributed by atoms with Gasteiger partial charge in [-0.3, -0.25) is 0 Å². The van der Waals surface area contributed by atoms with Crippen molar-refractivity contribution in [2.24, 2.45) is 0 Å². The van der Waals surface area contributed by atoms with E-state index in [1.54, 1.807) is 0 Å². The first-order valence-corrected chi connectivity index (χ1v) is 6.42. The standard InChI is InChI=1S/C15H22O2/c1-4-5-6-11-17-15(16)14-9-7-13(8-10-14)12(2)3/h7-10,12H,4-6,11H2,1-3H3. The summed E-state index contributed by atoms with van der Waals surface area (Å²) in [5.41, 5.74) is 1.89. The summed E-state index contributed by atoms with van der Waals surface area (Å²) in [4.78, 5) is 11.7. The van der Waals surface area contributed by atoms with Crippen LogP contribution >= 0.6 is 0 Å². The van der Waals surface area contributed by atoms with Crippen molar-refractivity contribution in [1.82, 2.24) is 0 Å². The SMILES string of the molecule is CCCCCOC(=O)c1ccc(C(C)C)cc1. The molecule has 1 aromatic rings. The summed E-state index contributed by atoms with van der Waals surface area (Å²) in [7, 11) is 0. The molecule has 0 aliphatic heterocycles. The predicted octanol–water partition coefficient (Wildman–Crippen LogP) is 4.16. The van der Waals surface area contributed by atoms with Crippen LogP contribution in [-0.2, 0) is 4.74 Å². The first-order chi connectivity index (χ1) is 8.15. The summed E-state index contributed by atoms with van der Waals surface area (Å²) in [6.45, 7) is 6.93. The van der Waals surface area contributed by atoms with E-state index in [1.165, 1.54) is 5.56 Å². The van der Waals surface area contributed by atoms with Gasteiger partial charge in [-0.2, -0.15) is 0 Å². The summed E-state index contributed by atoms with van der Waals surface area (Å²) in [6.07, 6.45) is 3.20. The Morgan fingerprint density at radius 3 is 2.35 bits per heavy atom. The molecule has 17 heavy (non-hydrogen) atoms. The Labute approximate surface area is 104 Å². The highest BCUT2D eigenvalue weighted by molar-refractivity contribution is 5.89. The minimum atomic E-state index is -0.212. The molecule has 0 bridgehead atoms. The zero-order valence-electron chi connectivity index (χ0n) is 11.0. The Balaban J connectivity index is 2.46. The molecule has 0 aliphatic carbocycles. The highest BCUT2D eigenvalue weighted by Crippen LogP contribution is 2.15. The molecule has 94 valence electrons. The number of ether oxygens (including phenoxy) is 1. The molecular formula is C15H22O2. The maximum atomic E-state index is 11.7. The summed E-state index contributed by atoms with van der Waals surface area (Å²) in [6, 6.07) is 7.68. The lowest BCUT2D eigenvalue weighted by molar-refractivity contribution is 0.0498. The van der Waals surface area contributed by atoms with Gasteiger partial charge in [-0.1, -0.05) is 45.7 Å². The van der Waals surface area contributed by atoms with Crippen molar-refractivity contribution in [3.63, 3.8) is 0 Å². The van der Waals surface area contributed by atoms with Crippen molar-refractivity contribution in [2.75, 3.05) is 6.61 Å². The Bertz CT molecular complexity index is 338. The van der Waals surface area contributed by atoms with E-state index in [0.717, 1.165) is 19.3 Å². The monoisotopic (exact) mass is 234 g/mol. The van der Waals surface area contributed by atoms with Gasteiger partial charge in [0.05, 0.1) is 12.2 Å². The Hall–Kier alpha value is -1.31. The van der Waals surface area contributed by atoms with Gasteiger partial charge in [0, 0.05) is 0 Å². The van der Waals surface area contributed by atoms with Gasteiger partial charge < -0.3 is 4.74 Å². The van der Waals surface area contributed by atoms with E-state index in [-0.39, 0.29) is 5.97 Å². The van der Waals surface area contributed by atoms with Crippen LogP contribution in [0, 0.1) is 0 Å². The van der Waals surface area contributed by atoms with Crippen LogP contribution in [0.3, 0.4) is 0 Å². The van der Waals surface area contributed by atoms with Crippen molar-refractivity contribution < 1.29 is 9.53 Å². The molecule has 0 radical (unpaired) electrons. The van der Waals surface area contributed by atoms with Gasteiger partial charge in [0.15, 0.2) is 0 Å². The van der Waals surface area contributed by atoms with E-state index in [0.29, 0.717) is 18.1 Å². The van der Waals surface area contributed by atoms with Crippen LogP contribution in [0.25, 0.3) is 0 Å². The highest BCUT2D eigenvalue weighted by atomic mass is 16.5.